The summed E-state index contributed by atoms with van der Waals surface area (Å²) in [4.78, 5) is 0. The van der Waals surface area contributed by atoms with Crippen LogP contribution in [0.3, 0.4) is 0 Å². The molecule has 137 heavy (non-hydrogen) atoms. The molecule has 0 heterocycles. The Balaban J connectivity index is 0.000000418. The highest BCUT2D eigenvalue weighted by Gasteiger charge is 2.34. The molecule has 9 aromatic rings. The molecule has 0 amide bonds. The van der Waals surface area contributed by atoms with E-state index in [-0.39, 0.29) is 59.5 Å². The van der Waals surface area contributed by atoms with Crippen LogP contribution in [0.15, 0.2) is 140 Å². The van der Waals surface area contributed by atoms with Crippen molar-refractivity contribution in [2.24, 2.45) is 0 Å². The zero-order valence-electron chi connectivity index (χ0n) is 96.8. The average molecular weight is 1880 g/mol. The topological polar surface area (TPSA) is 64.6 Å². The minimum absolute atomic E-state index is 0.0536. The zero-order valence-corrected chi connectivity index (χ0v) is 96.8. The lowest BCUT2D eigenvalue weighted by molar-refractivity contribution is 0.233. The van der Waals surface area contributed by atoms with Crippen molar-refractivity contribution in [3.63, 3.8) is 0 Å². The van der Waals surface area contributed by atoms with Gasteiger partial charge in [-0.15, -0.1) is 0 Å². The molecule has 0 bridgehead atoms. The number of hydrogen-bond donors (Lipinski definition) is 0. The van der Waals surface area contributed by atoms with Gasteiger partial charge in [-0.05, 0) is 355 Å². The molecule has 0 atom stereocenters. The van der Waals surface area contributed by atoms with E-state index < -0.39 is 0 Å². The number of rotatable bonds is 35. The van der Waals surface area contributed by atoms with Crippen LogP contribution >= 0.6 is 0 Å². The molecule has 0 aliphatic rings. The number of aryl methyl sites for hydroxylation is 7. The van der Waals surface area contributed by atoms with E-state index in [2.05, 4.69) is 472 Å². The number of benzene rings is 9. The fourth-order valence-electron chi connectivity index (χ4n) is 18.4. The first-order chi connectivity index (χ1) is 64.0. The summed E-state index contributed by atoms with van der Waals surface area (Å²) >= 11 is 0. The van der Waals surface area contributed by atoms with Gasteiger partial charge < -0.3 is 33.2 Å². The van der Waals surface area contributed by atoms with Gasteiger partial charge in [-0.25, -0.2) is 0 Å². The van der Waals surface area contributed by atoms with Crippen molar-refractivity contribution in [3.8, 4) is 40.2 Å². The van der Waals surface area contributed by atoms with E-state index in [1.54, 1.807) is 0 Å². The van der Waals surface area contributed by atoms with Gasteiger partial charge in [0, 0.05) is 22.6 Å². The van der Waals surface area contributed by atoms with Crippen LogP contribution in [-0.2, 0) is 68.6 Å². The molecule has 764 valence electrons. The molecule has 0 radical (unpaired) electrons. The van der Waals surface area contributed by atoms with Crippen LogP contribution in [0.2, 0.25) is 0 Å². The third-order valence-electron chi connectivity index (χ3n) is 25.1. The largest absolute Gasteiger partial charge is 0.491 e. The summed E-state index contributed by atoms with van der Waals surface area (Å²) in [6.45, 7) is 106. The van der Waals surface area contributed by atoms with E-state index in [0.29, 0.717) is 53.3 Å². The van der Waals surface area contributed by atoms with E-state index in [0.717, 1.165) is 98.0 Å². The summed E-state index contributed by atoms with van der Waals surface area (Å²) in [6.07, 6.45) is 11.1. The standard InChI is InChI=1S/C31H40O.C18H30O.2C17H28O.2C16H26O.C15H24O/c1-9-25-27(31(6,7)8)20-26(21(2)3)30(32-22(4)5)29(25)28(23-16-12-10-13-17-23)24-18-14-11-15-19-24;1-9-14-10-11-15(12(2)3)17(19-13(4)5)16(14)18(6,7)8;1-8-14-9-17(18-13(6)7)16(12(4)5)10-15(14)11(2)3;1-8-14-9-10-15(11(2)3)17(18-13(6)7)16(14)12(4)5;1-7-13-9-15(11(3)4)16(17-12(5)6)10-14(13)8-2;1-7-13-9-10-15(11(3)4)16(14(13)8-2)17-12(5)6;1-7-13-8-9-14(10(2)3)15(12(13)6)16-11(4)5/h10-22,28H,9H2,1-8H3;10-13H,9H2,1-8H3;2*9-13H,8H2,1-7H3;2*9-12H,7-8H2,1-6H3;8-11H,7H2,1-6H3. The van der Waals surface area contributed by atoms with Gasteiger partial charge in [0.25, 0.3) is 0 Å². The van der Waals surface area contributed by atoms with Gasteiger partial charge in [0.2, 0.25) is 0 Å². The maximum Gasteiger partial charge on any atom is 0.127 e. The average Bonchev–Trinajstić information content (AvgIpc) is 0.717. The van der Waals surface area contributed by atoms with E-state index in [4.69, 9.17) is 33.2 Å². The predicted molar refractivity (Wildman–Crippen MR) is 603 cm³/mol. The first-order valence-electron chi connectivity index (χ1n) is 53.9. The second-order valence-electron chi connectivity index (χ2n) is 44.4. The molecule has 0 spiro atoms. The maximum atomic E-state index is 6.67. The second-order valence-corrected chi connectivity index (χ2v) is 44.4. The van der Waals surface area contributed by atoms with Gasteiger partial charge in [0.1, 0.15) is 40.2 Å². The lowest BCUT2D eigenvalue weighted by atomic mass is 9.73. The second kappa shape index (κ2) is 58.7. The summed E-state index contributed by atoms with van der Waals surface area (Å²) in [6, 6.07) is 51.4. The first kappa shape index (κ1) is 123. The quantitative estimate of drug-likeness (QED) is 0.0367. The van der Waals surface area contributed by atoms with Crippen molar-refractivity contribution in [1.82, 2.24) is 0 Å². The van der Waals surface area contributed by atoms with Crippen molar-refractivity contribution in [2.45, 2.75) is 503 Å². The minimum Gasteiger partial charge on any atom is -0.491 e. The van der Waals surface area contributed by atoms with Gasteiger partial charge in [0.15, 0.2) is 0 Å². The van der Waals surface area contributed by atoms with Crippen molar-refractivity contribution < 1.29 is 33.2 Å². The van der Waals surface area contributed by atoms with Crippen LogP contribution < -0.4 is 33.2 Å². The Bertz CT molecular complexity index is 4940. The lowest BCUT2D eigenvalue weighted by Crippen LogP contribution is -2.21. The molecular weight excluding hydrogens is 1670 g/mol. The van der Waals surface area contributed by atoms with Crippen LogP contribution in [0.1, 0.15) is 518 Å². The van der Waals surface area contributed by atoms with Crippen LogP contribution in [0, 0.1) is 6.92 Å². The van der Waals surface area contributed by atoms with Gasteiger partial charge in [-0.3, -0.25) is 0 Å². The third kappa shape index (κ3) is 36.9. The molecule has 0 saturated heterocycles. The summed E-state index contributed by atoms with van der Waals surface area (Å²) in [7, 11) is 0. The molecule has 0 aromatic heterocycles. The molecule has 0 saturated carbocycles. The van der Waals surface area contributed by atoms with E-state index in [1.807, 2.05) is 0 Å². The minimum atomic E-state index is 0.0536. The molecule has 0 unspecified atom stereocenters. The summed E-state index contributed by atoms with van der Waals surface area (Å²) in [5.41, 5.74) is 33.2. The highest BCUT2D eigenvalue weighted by Crippen LogP contribution is 2.49. The normalized spacial score (nSPS) is 11.7. The molecule has 0 fully saturated rings. The Morgan fingerprint density at radius 2 is 0.526 bits per heavy atom. The van der Waals surface area contributed by atoms with Gasteiger partial charge in [-0.1, -0.05) is 356 Å². The van der Waals surface area contributed by atoms with Crippen molar-refractivity contribution in [2.75, 3.05) is 0 Å². The molecule has 7 nitrogen and oxygen atoms in total. The van der Waals surface area contributed by atoms with Crippen molar-refractivity contribution >= 4 is 0 Å². The number of hydrogen-bond acceptors (Lipinski definition) is 7. The molecule has 0 aliphatic heterocycles. The third-order valence-corrected chi connectivity index (χ3v) is 25.1. The lowest BCUT2D eigenvalue weighted by Gasteiger charge is -2.33. The smallest absolute Gasteiger partial charge is 0.127 e. The van der Waals surface area contributed by atoms with Crippen LogP contribution in [0.4, 0.5) is 0 Å². The number of ether oxygens (including phenoxy) is 7. The molecular formula is C130H202O7. The highest BCUT2D eigenvalue weighted by molar-refractivity contribution is 5.62. The van der Waals surface area contributed by atoms with Gasteiger partial charge in [0.05, 0.1) is 42.7 Å². The molecule has 9 rings (SSSR count). The van der Waals surface area contributed by atoms with Crippen LogP contribution in [0.25, 0.3) is 0 Å². The summed E-state index contributed by atoms with van der Waals surface area (Å²) < 4.78 is 43.0. The zero-order chi connectivity index (χ0) is 104. The fraction of sp³-hybridized carbons (Fsp3) is 0.585. The SMILES string of the molecule is CCc1c(C(C)(C)C)cc(C(C)C)c(OC(C)C)c1C(c1ccccc1)c1ccccc1.CCc1cc(OC(C)C)c(C(C)C)cc1C(C)C.CCc1cc(OC(C)C)c(C(C)C)cc1CC.CCc1ccc(C(C)C)c(OC(C)C)c1C.CCc1ccc(C(C)C)c(OC(C)C)c1C(C)(C)C.CCc1ccc(C(C)C)c(OC(C)C)c1C(C)C.CCc1ccc(C(C)C)c(OC(C)C)c1CC. The van der Waals surface area contributed by atoms with Crippen molar-refractivity contribution in [1.29, 1.82) is 0 Å². The Kier molecular flexibility index (Phi) is 52.6. The molecule has 0 aliphatic carbocycles. The Hall–Kier alpha value is -8.42. The highest BCUT2D eigenvalue weighted by atomic mass is 16.5. The maximum absolute atomic E-state index is 6.67. The first-order valence-corrected chi connectivity index (χ1v) is 53.9. The Labute approximate surface area is 843 Å². The predicted octanol–water partition coefficient (Wildman–Crippen LogP) is 38.6. The van der Waals surface area contributed by atoms with Gasteiger partial charge >= 0.3 is 0 Å². The van der Waals surface area contributed by atoms with E-state index in [1.165, 1.54) is 134 Å². The van der Waals surface area contributed by atoms with Gasteiger partial charge in [-0.2, -0.15) is 0 Å². The van der Waals surface area contributed by atoms with Crippen LogP contribution in [0.5, 0.6) is 40.2 Å². The summed E-state index contributed by atoms with van der Waals surface area (Å²) in [5, 5.41) is 0. The monoisotopic (exact) mass is 1880 g/mol. The Morgan fingerprint density at radius 3 is 0.876 bits per heavy atom. The molecule has 7 heteroatoms. The van der Waals surface area contributed by atoms with Crippen molar-refractivity contribution in [3.05, 3.63) is 273 Å². The molecule has 0 N–H and O–H groups in total. The van der Waals surface area contributed by atoms with E-state index >= 15 is 0 Å². The van der Waals surface area contributed by atoms with E-state index in [9.17, 15) is 0 Å². The Morgan fingerprint density at radius 1 is 0.219 bits per heavy atom. The fourth-order valence-corrected chi connectivity index (χ4v) is 18.4. The summed E-state index contributed by atoms with van der Waals surface area (Å²) in [5.74, 6) is 12.3. The molecule has 9 aromatic carbocycles. The van der Waals surface area contributed by atoms with Crippen LogP contribution in [-0.4, -0.2) is 42.7 Å².